The van der Waals surface area contributed by atoms with Crippen LogP contribution in [0.25, 0.3) is 11.1 Å². The maximum absolute atomic E-state index is 12.9. The molecule has 0 spiro atoms. The van der Waals surface area contributed by atoms with Crippen molar-refractivity contribution in [2.24, 2.45) is 5.41 Å². The van der Waals surface area contributed by atoms with E-state index in [1.165, 1.54) is 0 Å². The molecule has 1 atom stereocenters. The Kier molecular flexibility index (Phi) is 6.32. The number of aromatic nitrogens is 3. The van der Waals surface area contributed by atoms with Crippen molar-refractivity contribution in [2.75, 3.05) is 10.6 Å². The number of nitriles is 1. The Hall–Kier alpha value is -3.67. The number of nitrogens with one attached hydrogen (secondary N) is 2. The third-order valence-electron chi connectivity index (χ3n) is 5.48. The molecule has 0 saturated carbocycles. The van der Waals surface area contributed by atoms with Crippen LogP contribution in [0.5, 0.6) is 0 Å². The maximum Gasteiger partial charge on any atom is 0.433 e. The fourth-order valence-electron chi connectivity index (χ4n) is 3.01. The molecule has 3 rings (SSSR count). The molecule has 0 saturated heterocycles. The van der Waals surface area contributed by atoms with Crippen molar-refractivity contribution < 1.29 is 13.2 Å². The normalized spacial score (nSPS) is 13.7. The van der Waals surface area contributed by atoms with Gasteiger partial charge >= 0.3 is 6.18 Å². The summed E-state index contributed by atoms with van der Waals surface area (Å²) in [5.74, 6) is 0.429. The summed E-state index contributed by atoms with van der Waals surface area (Å²) in [6.07, 6.45) is -1.80. The average molecular weight is 455 g/mol. The van der Waals surface area contributed by atoms with E-state index in [0.717, 1.165) is 29.0 Å². The summed E-state index contributed by atoms with van der Waals surface area (Å²) in [5.41, 5.74) is 0.941. The number of pyridine rings is 1. The van der Waals surface area contributed by atoms with Crippen LogP contribution in [0.15, 0.2) is 48.8 Å². The standard InChI is InChI=1S/C24H25F3N6/c1-15-10-17(12-18(11-15)31-21-29-9-8-19(32-21)24(25,26)27)16-6-7-20(30-13-16)33-23(5,14-28)22(2,3)4/h6-13H,1-5H3,(H,30,33)(H,29,31,32). The zero-order valence-electron chi connectivity index (χ0n) is 19.0. The highest BCUT2D eigenvalue weighted by atomic mass is 19.4. The van der Waals surface area contributed by atoms with Gasteiger partial charge in [0.15, 0.2) is 0 Å². The number of rotatable bonds is 5. The maximum atomic E-state index is 12.9. The molecule has 1 aromatic carbocycles. The number of anilines is 3. The highest BCUT2D eigenvalue weighted by molar-refractivity contribution is 5.71. The molecule has 0 aliphatic carbocycles. The number of halogens is 3. The van der Waals surface area contributed by atoms with E-state index in [0.29, 0.717) is 11.5 Å². The lowest BCUT2D eigenvalue weighted by molar-refractivity contribution is -0.141. The Morgan fingerprint density at radius 2 is 1.67 bits per heavy atom. The Morgan fingerprint density at radius 1 is 0.939 bits per heavy atom. The molecule has 1 unspecified atom stereocenters. The van der Waals surface area contributed by atoms with Crippen LogP contribution in [0, 0.1) is 23.7 Å². The highest BCUT2D eigenvalue weighted by Gasteiger charge is 2.38. The lowest BCUT2D eigenvalue weighted by atomic mass is 9.76. The molecule has 2 aromatic heterocycles. The summed E-state index contributed by atoms with van der Waals surface area (Å²) in [7, 11) is 0. The predicted molar refractivity (Wildman–Crippen MR) is 122 cm³/mol. The molecule has 33 heavy (non-hydrogen) atoms. The molecule has 172 valence electrons. The topological polar surface area (TPSA) is 86.5 Å². The third kappa shape index (κ3) is 5.58. The van der Waals surface area contributed by atoms with Crippen LogP contribution in [-0.4, -0.2) is 20.5 Å². The Morgan fingerprint density at radius 3 is 2.24 bits per heavy atom. The van der Waals surface area contributed by atoms with Gasteiger partial charge in [0.25, 0.3) is 0 Å². The van der Waals surface area contributed by atoms with Gasteiger partial charge in [0.05, 0.1) is 6.07 Å². The molecule has 0 fully saturated rings. The van der Waals surface area contributed by atoms with E-state index in [4.69, 9.17) is 0 Å². The van der Waals surface area contributed by atoms with Crippen molar-refractivity contribution in [1.82, 2.24) is 15.0 Å². The van der Waals surface area contributed by atoms with E-state index in [1.54, 1.807) is 24.4 Å². The number of aryl methyl sites for hydroxylation is 1. The van der Waals surface area contributed by atoms with E-state index in [1.807, 2.05) is 46.8 Å². The van der Waals surface area contributed by atoms with Gasteiger partial charge in [-0.15, -0.1) is 0 Å². The van der Waals surface area contributed by atoms with E-state index in [2.05, 4.69) is 31.7 Å². The summed E-state index contributed by atoms with van der Waals surface area (Å²) < 4.78 is 38.8. The molecule has 6 nitrogen and oxygen atoms in total. The van der Waals surface area contributed by atoms with Gasteiger partial charge in [-0.25, -0.2) is 15.0 Å². The monoisotopic (exact) mass is 454 g/mol. The van der Waals surface area contributed by atoms with Crippen LogP contribution in [0.3, 0.4) is 0 Å². The van der Waals surface area contributed by atoms with E-state index < -0.39 is 17.4 Å². The third-order valence-corrected chi connectivity index (χ3v) is 5.48. The van der Waals surface area contributed by atoms with E-state index >= 15 is 0 Å². The van der Waals surface area contributed by atoms with Gasteiger partial charge in [-0.3, -0.25) is 0 Å². The highest BCUT2D eigenvalue weighted by Crippen LogP contribution is 2.33. The summed E-state index contributed by atoms with van der Waals surface area (Å²) >= 11 is 0. The van der Waals surface area contributed by atoms with Gasteiger partial charge in [0.1, 0.15) is 17.1 Å². The van der Waals surface area contributed by atoms with Crippen molar-refractivity contribution in [3.8, 4) is 17.2 Å². The second-order valence-corrected chi connectivity index (χ2v) is 9.02. The van der Waals surface area contributed by atoms with Gasteiger partial charge in [0.2, 0.25) is 5.95 Å². The Balaban J connectivity index is 1.85. The fourth-order valence-corrected chi connectivity index (χ4v) is 3.01. The number of benzene rings is 1. The minimum Gasteiger partial charge on any atom is -0.352 e. The quantitative estimate of drug-likeness (QED) is 0.467. The van der Waals surface area contributed by atoms with Crippen LogP contribution in [0.4, 0.5) is 30.6 Å². The van der Waals surface area contributed by atoms with Crippen LogP contribution in [0.2, 0.25) is 0 Å². The lowest BCUT2D eigenvalue weighted by Crippen LogP contribution is -2.46. The first-order valence-corrected chi connectivity index (χ1v) is 10.3. The van der Waals surface area contributed by atoms with Crippen LogP contribution in [-0.2, 0) is 6.18 Å². The van der Waals surface area contributed by atoms with Crippen molar-refractivity contribution in [1.29, 1.82) is 5.26 Å². The smallest absolute Gasteiger partial charge is 0.352 e. The van der Waals surface area contributed by atoms with Gasteiger partial charge < -0.3 is 10.6 Å². The molecule has 9 heteroatoms. The molecule has 2 heterocycles. The summed E-state index contributed by atoms with van der Waals surface area (Å²) in [5, 5.41) is 15.7. The number of hydrogen-bond acceptors (Lipinski definition) is 6. The first-order valence-electron chi connectivity index (χ1n) is 10.3. The summed E-state index contributed by atoms with van der Waals surface area (Å²) in [6.45, 7) is 9.65. The van der Waals surface area contributed by atoms with Crippen LogP contribution >= 0.6 is 0 Å². The SMILES string of the molecule is Cc1cc(Nc2nccc(C(F)(F)F)n2)cc(-c2ccc(NC(C)(C#N)C(C)(C)C)nc2)c1. The zero-order chi connectivity index (χ0) is 24.4. The molecular weight excluding hydrogens is 429 g/mol. The van der Waals surface area contributed by atoms with Crippen LogP contribution in [0.1, 0.15) is 39.0 Å². The second kappa shape index (κ2) is 8.70. The average Bonchev–Trinajstić information content (AvgIpc) is 2.72. The summed E-state index contributed by atoms with van der Waals surface area (Å²) in [4.78, 5) is 11.9. The van der Waals surface area contributed by atoms with Crippen molar-refractivity contribution in [2.45, 2.75) is 46.3 Å². The first-order chi connectivity index (χ1) is 15.3. The molecule has 0 amide bonds. The van der Waals surface area contributed by atoms with Crippen molar-refractivity contribution >= 4 is 17.5 Å². The lowest BCUT2D eigenvalue weighted by Gasteiger charge is -2.36. The van der Waals surface area contributed by atoms with Gasteiger partial charge in [-0.05, 0) is 60.7 Å². The van der Waals surface area contributed by atoms with Gasteiger partial charge in [-0.1, -0.05) is 26.8 Å². The molecule has 0 bridgehead atoms. The molecular formula is C24H25F3N6. The van der Waals surface area contributed by atoms with Crippen molar-refractivity contribution in [3.05, 3.63) is 60.0 Å². The molecule has 0 aliphatic heterocycles. The minimum absolute atomic E-state index is 0.142. The molecule has 3 aromatic rings. The molecule has 0 aliphatic rings. The second-order valence-electron chi connectivity index (χ2n) is 9.02. The molecule has 2 N–H and O–H groups in total. The fraction of sp³-hybridized carbons (Fsp3) is 0.333. The largest absolute Gasteiger partial charge is 0.433 e. The van der Waals surface area contributed by atoms with Gasteiger partial charge in [-0.2, -0.15) is 18.4 Å². The molecule has 0 radical (unpaired) electrons. The minimum atomic E-state index is -4.55. The van der Waals surface area contributed by atoms with E-state index in [-0.39, 0.29) is 11.4 Å². The summed E-state index contributed by atoms with van der Waals surface area (Å²) in [6, 6.07) is 12.3. The Bertz CT molecular complexity index is 1180. The van der Waals surface area contributed by atoms with Crippen LogP contribution < -0.4 is 10.6 Å². The number of hydrogen-bond donors (Lipinski definition) is 2. The van der Waals surface area contributed by atoms with Gasteiger partial charge in [0, 0.05) is 23.6 Å². The predicted octanol–water partition coefficient (Wildman–Crippen LogP) is 6.35. The van der Waals surface area contributed by atoms with Crippen molar-refractivity contribution in [3.63, 3.8) is 0 Å². The van der Waals surface area contributed by atoms with E-state index in [9.17, 15) is 18.4 Å². The first kappa shape index (κ1) is 24.0. The zero-order valence-corrected chi connectivity index (χ0v) is 19.0. The Labute approximate surface area is 190 Å². The number of alkyl halides is 3. The number of nitrogens with zero attached hydrogens (tertiary/aromatic N) is 4.